The molecule has 0 spiro atoms. The number of aryl methyl sites for hydroxylation is 2. The molecule has 0 heterocycles. The summed E-state index contributed by atoms with van der Waals surface area (Å²) in [6.45, 7) is 59.9. The predicted molar refractivity (Wildman–Crippen MR) is 337 cm³/mol. The van der Waals surface area contributed by atoms with Crippen LogP contribution in [0.3, 0.4) is 0 Å². The summed E-state index contributed by atoms with van der Waals surface area (Å²) >= 11 is 0. The number of benzene rings is 2. The van der Waals surface area contributed by atoms with Gasteiger partial charge in [-0.05, 0) is 102 Å². The summed E-state index contributed by atoms with van der Waals surface area (Å²) in [5.41, 5.74) is 19.7. The third kappa shape index (κ3) is 403. The lowest BCUT2D eigenvalue weighted by atomic mass is 10.1. The molecule has 2 rings (SSSR count). The Balaban J connectivity index is -0.0000000181. The molecule has 0 radical (unpaired) electrons. The van der Waals surface area contributed by atoms with Crippen LogP contribution in [0.25, 0.3) is 0 Å². The van der Waals surface area contributed by atoms with E-state index in [0.717, 1.165) is 54.2 Å². The highest BCUT2D eigenvalue weighted by molar-refractivity contribution is 5.24. The average Bonchev–Trinajstić information content (AvgIpc) is 3.47. The second-order valence-corrected chi connectivity index (χ2v) is 12.6. The van der Waals surface area contributed by atoms with Crippen molar-refractivity contribution in [2.45, 2.75) is 183 Å². The summed E-state index contributed by atoms with van der Waals surface area (Å²) in [4.78, 5) is 72.0. The first-order valence-electron chi connectivity index (χ1n) is 23.5. The minimum Gasteiger partial charge on any atom is -0.394 e. The van der Waals surface area contributed by atoms with E-state index in [1.54, 1.807) is 13.8 Å². The number of carbonyl (C=O) groups is 9. The van der Waals surface area contributed by atoms with Crippen molar-refractivity contribution in [2.24, 2.45) is 46.6 Å². The normalized spacial score (nSPS) is 6.51. The molecule has 0 aliphatic carbocycles. The summed E-state index contributed by atoms with van der Waals surface area (Å²) < 4.78 is 36.1. The minimum absolute atomic E-state index is 0. The van der Waals surface area contributed by atoms with Crippen LogP contribution in [-0.2, 0) is 62.2 Å². The van der Waals surface area contributed by atoms with Gasteiger partial charge in [-0.2, -0.15) is 13.2 Å². The fraction of sp³-hybridized carbons (Fsp3) is 0.625. The highest BCUT2D eigenvalue weighted by Gasteiger charge is 2.29. The maximum absolute atomic E-state index is 12.0. The van der Waals surface area contributed by atoms with Crippen LogP contribution in [0.2, 0.25) is 0 Å². The van der Waals surface area contributed by atoms with Gasteiger partial charge < -0.3 is 95.8 Å². The number of aliphatic hydroxyl groups excluding tert-OH is 1. The SMILES string of the molecule is C=O.C=O.C=O.C=O.C=O.C=O.C=O.C=O.C=O.CC.CC.CC(C)C.CC(C)O.CCC(C)C.CCC(C)C.CCC(C)C.CCc1ccc(C(F)(F)F)cc1.CCc1ccccc1.CN.CN.CN.CN.N.N.N.N. The number of hydrogen-bond acceptors (Lipinski definition) is 18. The van der Waals surface area contributed by atoms with Crippen molar-refractivity contribution < 1.29 is 61.4 Å². The molecule has 2 aromatic carbocycles. The smallest absolute Gasteiger partial charge is 0.394 e. The molecule has 0 saturated carbocycles. The van der Waals surface area contributed by atoms with Crippen LogP contribution in [0, 0.1) is 23.7 Å². The molecule has 0 saturated heterocycles. The lowest BCUT2D eigenvalue weighted by Gasteiger charge is -2.06. The molecule has 0 aliphatic rings. The second kappa shape index (κ2) is 229. The number of aliphatic hydroxyl groups is 1. The standard InChI is InChI=1S/C9H9F3.C8H10.3C5H12.C4H10.C3H8O.2C2H6.4CH5N.9CH2O.4H3N/c1-2-7-3-5-8(6-4-7)9(10,11)12;1-2-8-6-4-3-5-7-8;3*1-4-5(2)3;1-4(2)3;1-3(2)4;15*1-2;;;;/h3-6H,2H2,1H3;3-7H,2H2,1H3;3*5H,4H2,1-3H3;4H,1-3H3;3-4H,1-2H3;2*1-2H3;4*2H2,1H3;9*1H2;4*1H3. The van der Waals surface area contributed by atoms with Crippen LogP contribution >= 0.6 is 0 Å². The van der Waals surface area contributed by atoms with E-state index in [0.29, 0.717) is 0 Å². The largest absolute Gasteiger partial charge is 0.416 e. The van der Waals surface area contributed by atoms with E-state index in [-0.39, 0.29) is 30.7 Å². The Morgan fingerprint density at radius 1 is 0.377 bits per heavy atom. The van der Waals surface area contributed by atoms with Crippen molar-refractivity contribution >= 4 is 61.1 Å². The van der Waals surface area contributed by atoms with Crippen molar-refractivity contribution in [2.75, 3.05) is 28.2 Å². The Labute approximate surface area is 474 Å². The first-order chi connectivity index (χ1) is 34.7. The fourth-order valence-corrected chi connectivity index (χ4v) is 1.64. The summed E-state index contributed by atoms with van der Waals surface area (Å²) in [7, 11) is 6.00. The van der Waals surface area contributed by atoms with E-state index in [9.17, 15) is 13.2 Å². The van der Waals surface area contributed by atoms with Crippen LogP contribution in [0.5, 0.6) is 0 Å². The summed E-state index contributed by atoms with van der Waals surface area (Å²) in [5.74, 6) is 3.49. The molecule has 0 amide bonds. The van der Waals surface area contributed by atoms with Gasteiger partial charge in [0.25, 0.3) is 0 Å². The minimum atomic E-state index is -4.22. The Morgan fingerprint density at radius 3 is 0.597 bits per heavy atom. The van der Waals surface area contributed by atoms with E-state index >= 15 is 0 Å². The monoisotopic (exact) mass is 1140 g/mol. The molecule has 0 bridgehead atoms. The molecule has 0 unspecified atom stereocenters. The predicted octanol–water partition coefficient (Wildman–Crippen LogP) is 13.1. The molecule has 21 heteroatoms. The molecule has 0 aliphatic heterocycles. The Morgan fingerprint density at radius 2 is 0.506 bits per heavy atom. The van der Waals surface area contributed by atoms with Gasteiger partial charge in [-0.15, -0.1) is 0 Å². The zero-order chi connectivity index (χ0) is 65.0. The van der Waals surface area contributed by atoms with Crippen LogP contribution in [0.1, 0.15) is 174 Å². The van der Waals surface area contributed by atoms with E-state index in [1.165, 1.54) is 65.1 Å². The molecule has 0 aromatic heterocycles. The maximum atomic E-state index is 12.0. The van der Waals surface area contributed by atoms with Crippen LogP contribution in [0.4, 0.5) is 13.2 Å². The van der Waals surface area contributed by atoms with Gasteiger partial charge in [-0.25, -0.2) is 0 Å². The number of nitrogens with two attached hydrogens (primary N) is 4. The zero-order valence-electron chi connectivity index (χ0n) is 54.4. The lowest BCUT2D eigenvalue weighted by molar-refractivity contribution is -0.137. The highest BCUT2D eigenvalue weighted by Crippen LogP contribution is 2.29. The molecule has 0 atom stereocenters. The Kier molecular flexibility index (Phi) is 468. The molecular weight excluding hydrogens is 1000 g/mol. The van der Waals surface area contributed by atoms with Gasteiger partial charge in [-0.1, -0.05) is 186 Å². The van der Waals surface area contributed by atoms with Crippen LogP contribution in [-0.4, -0.2) is 101 Å². The molecular formula is C56H135F3N8O10. The number of alkyl halides is 3. The number of hydrogen-bond donors (Lipinski definition) is 9. The summed E-state index contributed by atoms with van der Waals surface area (Å²) in [6.07, 6.45) is 1.44. The van der Waals surface area contributed by atoms with E-state index < -0.39 is 11.7 Å². The van der Waals surface area contributed by atoms with E-state index in [2.05, 4.69) is 137 Å². The zero-order valence-corrected chi connectivity index (χ0v) is 54.4. The molecule has 480 valence electrons. The molecule has 2 aromatic rings. The summed E-state index contributed by atoms with van der Waals surface area (Å²) in [6, 6.07) is 15.7. The Hall–Kier alpha value is -5.10. The second-order valence-electron chi connectivity index (χ2n) is 12.6. The average molecular weight is 1140 g/mol. The van der Waals surface area contributed by atoms with Gasteiger partial charge in [0.1, 0.15) is 61.1 Å². The van der Waals surface area contributed by atoms with Crippen molar-refractivity contribution in [3.8, 4) is 0 Å². The molecule has 0 fully saturated rings. The topological polar surface area (TPSA) is 418 Å². The number of carbonyl (C=O) groups excluding carboxylic acids is 9. The fourth-order valence-electron chi connectivity index (χ4n) is 1.64. The van der Waals surface area contributed by atoms with Crippen molar-refractivity contribution in [3.63, 3.8) is 0 Å². The molecule has 77 heavy (non-hydrogen) atoms. The van der Waals surface area contributed by atoms with Gasteiger partial charge >= 0.3 is 6.18 Å². The van der Waals surface area contributed by atoms with Crippen molar-refractivity contribution in [3.05, 3.63) is 71.3 Å². The van der Waals surface area contributed by atoms with E-state index in [4.69, 9.17) is 48.3 Å². The third-order valence-electron chi connectivity index (χ3n) is 5.39. The Bertz CT molecular complexity index is 897. The third-order valence-corrected chi connectivity index (χ3v) is 5.39. The summed E-state index contributed by atoms with van der Waals surface area (Å²) in [5, 5.41) is 8.06. The number of halogens is 3. The van der Waals surface area contributed by atoms with Crippen LogP contribution in [0.15, 0.2) is 54.6 Å². The maximum Gasteiger partial charge on any atom is 0.416 e. The number of rotatable bonds is 5. The van der Waals surface area contributed by atoms with Gasteiger partial charge in [0, 0.05) is 6.10 Å². The van der Waals surface area contributed by atoms with Gasteiger partial charge in [0.15, 0.2) is 0 Å². The van der Waals surface area contributed by atoms with Crippen molar-refractivity contribution in [1.82, 2.24) is 24.6 Å². The van der Waals surface area contributed by atoms with Crippen molar-refractivity contribution in [1.29, 1.82) is 0 Å². The quantitative estimate of drug-likeness (QED) is 0.134. The molecule has 18 nitrogen and oxygen atoms in total. The van der Waals surface area contributed by atoms with Crippen LogP contribution < -0.4 is 47.5 Å². The first kappa shape index (κ1) is 158. The van der Waals surface area contributed by atoms with Gasteiger partial charge in [-0.3, -0.25) is 0 Å². The molecule has 21 N–H and O–H groups in total. The highest BCUT2D eigenvalue weighted by atomic mass is 19.4. The van der Waals surface area contributed by atoms with E-state index in [1.807, 2.05) is 102 Å². The first-order valence-corrected chi connectivity index (χ1v) is 23.5. The van der Waals surface area contributed by atoms with Gasteiger partial charge in [0.05, 0.1) is 5.56 Å². The lowest BCUT2D eigenvalue weighted by Crippen LogP contribution is -2.04. The van der Waals surface area contributed by atoms with Gasteiger partial charge in [0.2, 0.25) is 0 Å².